The maximum atomic E-state index is 10.9. The summed E-state index contributed by atoms with van der Waals surface area (Å²) in [7, 11) is 0. The van der Waals surface area contributed by atoms with Crippen LogP contribution in [0.4, 0.5) is 0 Å². The summed E-state index contributed by atoms with van der Waals surface area (Å²) in [6, 6.07) is 0.266. The number of ether oxygens (including phenoxy) is 1. The quantitative estimate of drug-likeness (QED) is 0.866. The van der Waals surface area contributed by atoms with Crippen molar-refractivity contribution in [2.24, 2.45) is 5.92 Å². The van der Waals surface area contributed by atoms with E-state index in [0.29, 0.717) is 12.5 Å². The van der Waals surface area contributed by atoms with Gasteiger partial charge in [-0.3, -0.25) is 14.6 Å². The van der Waals surface area contributed by atoms with Crippen LogP contribution in [0.5, 0.6) is 0 Å². The summed E-state index contributed by atoms with van der Waals surface area (Å²) in [5, 5.41) is 11.1. The maximum absolute atomic E-state index is 10.9. The number of carboxylic acids is 1. The molecule has 1 N–H and O–H groups in total. The molecule has 0 spiro atoms. The normalized spacial score (nSPS) is 28.2. The van der Waals surface area contributed by atoms with Crippen molar-refractivity contribution in [3.05, 3.63) is 17.1 Å². The first-order valence-corrected chi connectivity index (χ1v) is 7.68. The van der Waals surface area contributed by atoms with Gasteiger partial charge in [-0.2, -0.15) is 0 Å². The Morgan fingerprint density at radius 3 is 3.10 bits per heavy atom. The van der Waals surface area contributed by atoms with Gasteiger partial charge in [0.1, 0.15) is 0 Å². The minimum absolute atomic E-state index is 0.126. The van der Waals surface area contributed by atoms with E-state index in [1.54, 1.807) is 0 Å². The Bertz CT molecular complexity index is 454. The fraction of sp³-hybridized carbons (Fsp3) is 0.692. The Hall–Kier alpha value is -1.02. The number of carbonyl (C=O) groups is 1. The van der Waals surface area contributed by atoms with E-state index in [4.69, 9.17) is 9.84 Å². The van der Waals surface area contributed by atoms with Crippen molar-refractivity contribution < 1.29 is 14.6 Å². The van der Waals surface area contributed by atoms with E-state index in [2.05, 4.69) is 14.7 Å². The summed E-state index contributed by atoms with van der Waals surface area (Å²) in [5.41, 5.74) is 1.23. The van der Waals surface area contributed by atoms with Crippen LogP contribution in [-0.2, 0) is 16.1 Å². The molecule has 0 radical (unpaired) electrons. The van der Waals surface area contributed by atoms with E-state index in [9.17, 15) is 4.79 Å². The number of fused-ring (bicyclic) bond motifs is 3. The van der Waals surface area contributed by atoms with Crippen molar-refractivity contribution in [2.45, 2.75) is 12.6 Å². The Kier molecular flexibility index (Phi) is 4.30. The number of hydrogen-bond acceptors (Lipinski definition) is 6. The van der Waals surface area contributed by atoms with Gasteiger partial charge in [-0.1, -0.05) is 0 Å². The van der Waals surface area contributed by atoms with Gasteiger partial charge in [0.05, 0.1) is 19.8 Å². The Morgan fingerprint density at radius 2 is 2.35 bits per heavy atom. The molecule has 3 rings (SSSR count). The van der Waals surface area contributed by atoms with Crippen LogP contribution in [0, 0.1) is 5.92 Å². The molecule has 0 unspecified atom stereocenters. The van der Waals surface area contributed by atoms with E-state index in [-0.39, 0.29) is 12.6 Å². The first-order valence-electron chi connectivity index (χ1n) is 6.85. The number of rotatable bonds is 4. The van der Waals surface area contributed by atoms with Crippen LogP contribution in [0.3, 0.4) is 0 Å². The second-order valence-electron chi connectivity index (χ2n) is 5.61. The molecule has 0 aromatic carbocycles. The van der Waals surface area contributed by atoms with Gasteiger partial charge >= 0.3 is 5.97 Å². The first kappa shape index (κ1) is 13.9. The van der Waals surface area contributed by atoms with Gasteiger partial charge in [0.2, 0.25) is 0 Å². The van der Waals surface area contributed by atoms with Gasteiger partial charge in [-0.05, 0) is 17.1 Å². The minimum atomic E-state index is -0.750. The lowest BCUT2D eigenvalue weighted by molar-refractivity contribution is -0.138. The second kappa shape index (κ2) is 6.17. The van der Waals surface area contributed by atoms with Crippen molar-refractivity contribution in [3.8, 4) is 0 Å². The Labute approximate surface area is 122 Å². The fourth-order valence-electron chi connectivity index (χ4n) is 3.08. The molecule has 2 aliphatic rings. The fourth-order valence-corrected chi connectivity index (χ4v) is 3.61. The smallest absolute Gasteiger partial charge is 0.317 e. The lowest BCUT2D eigenvalue weighted by atomic mass is 10.1. The standard InChI is InChI=1S/C13H19N3O3S/c17-13(18)6-15-2-11-4-16(3-10-1-14-20-9-10)12(5-15)8-19-7-11/h1,9,11-12H,2-8H2,(H,17,18)/t11-,12-/m0/s1. The third kappa shape index (κ3) is 3.35. The molecular weight excluding hydrogens is 278 g/mol. The summed E-state index contributed by atoms with van der Waals surface area (Å²) in [6.07, 6.45) is 1.91. The molecule has 1 aromatic heterocycles. The zero-order valence-corrected chi connectivity index (χ0v) is 12.1. The molecule has 7 heteroatoms. The molecule has 0 saturated carbocycles. The molecule has 20 heavy (non-hydrogen) atoms. The van der Waals surface area contributed by atoms with Crippen LogP contribution in [0.1, 0.15) is 5.56 Å². The summed E-state index contributed by atoms with van der Waals surface area (Å²) in [4.78, 5) is 15.4. The van der Waals surface area contributed by atoms with E-state index in [1.807, 2.05) is 11.1 Å². The molecule has 3 heterocycles. The number of hydrogen-bond donors (Lipinski definition) is 1. The molecule has 110 valence electrons. The topological polar surface area (TPSA) is 65.9 Å². The number of carboxylic acid groups (broad SMARTS) is 1. The maximum Gasteiger partial charge on any atom is 0.317 e. The van der Waals surface area contributed by atoms with E-state index in [1.165, 1.54) is 17.1 Å². The molecule has 2 atom stereocenters. The molecule has 6 nitrogen and oxygen atoms in total. The molecule has 1 aromatic rings. The zero-order chi connectivity index (χ0) is 13.9. The first-order chi connectivity index (χ1) is 9.70. The van der Waals surface area contributed by atoms with Crippen LogP contribution in [-0.4, -0.2) is 70.7 Å². The van der Waals surface area contributed by atoms with Gasteiger partial charge in [0, 0.05) is 49.7 Å². The van der Waals surface area contributed by atoms with Crippen LogP contribution in [0.25, 0.3) is 0 Å². The largest absolute Gasteiger partial charge is 0.480 e. The summed E-state index contributed by atoms with van der Waals surface area (Å²) >= 11 is 1.47. The highest BCUT2D eigenvalue weighted by Crippen LogP contribution is 2.21. The summed E-state index contributed by atoms with van der Waals surface area (Å²) in [5.74, 6) is -0.368. The molecule has 2 bridgehead atoms. The van der Waals surface area contributed by atoms with Gasteiger partial charge in [0.15, 0.2) is 0 Å². The van der Waals surface area contributed by atoms with Crippen molar-refractivity contribution in [1.82, 2.24) is 14.2 Å². The van der Waals surface area contributed by atoms with Crippen LogP contribution in [0.2, 0.25) is 0 Å². The Balaban J connectivity index is 1.71. The zero-order valence-electron chi connectivity index (χ0n) is 11.3. The van der Waals surface area contributed by atoms with Crippen molar-refractivity contribution in [3.63, 3.8) is 0 Å². The van der Waals surface area contributed by atoms with Gasteiger partial charge in [-0.25, -0.2) is 4.37 Å². The number of nitrogens with zero attached hydrogens (tertiary/aromatic N) is 3. The SMILES string of the molecule is O=C(O)CN1C[C@@H]2COC[C@H](C1)N(Cc1cnsc1)C2. The number of aliphatic carboxylic acids is 1. The van der Waals surface area contributed by atoms with Crippen LogP contribution >= 0.6 is 11.5 Å². The molecular formula is C13H19N3O3S. The summed E-state index contributed by atoms with van der Waals surface area (Å²) in [6.45, 7) is 4.95. The van der Waals surface area contributed by atoms with E-state index in [0.717, 1.165) is 32.8 Å². The van der Waals surface area contributed by atoms with Crippen LogP contribution in [0.15, 0.2) is 11.6 Å². The number of aromatic nitrogens is 1. The van der Waals surface area contributed by atoms with Gasteiger partial charge < -0.3 is 9.84 Å². The third-order valence-electron chi connectivity index (χ3n) is 3.89. The molecule has 2 fully saturated rings. The van der Waals surface area contributed by atoms with E-state index < -0.39 is 5.97 Å². The molecule has 2 saturated heterocycles. The Morgan fingerprint density at radius 1 is 1.45 bits per heavy atom. The highest BCUT2D eigenvalue weighted by molar-refractivity contribution is 7.03. The minimum Gasteiger partial charge on any atom is -0.480 e. The molecule has 0 aliphatic carbocycles. The van der Waals surface area contributed by atoms with Crippen LogP contribution < -0.4 is 0 Å². The van der Waals surface area contributed by atoms with Crippen molar-refractivity contribution >= 4 is 17.5 Å². The van der Waals surface area contributed by atoms with Gasteiger partial charge in [0.25, 0.3) is 0 Å². The predicted molar refractivity (Wildman–Crippen MR) is 74.7 cm³/mol. The highest BCUT2D eigenvalue weighted by atomic mass is 32.1. The van der Waals surface area contributed by atoms with E-state index >= 15 is 0 Å². The lowest BCUT2D eigenvalue weighted by Crippen LogP contribution is -2.44. The molecule has 0 amide bonds. The van der Waals surface area contributed by atoms with Gasteiger partial charge in [-0.15, -0.1) is 0 Å². The molecule has 2 aliphatic heterocycles. The summed E-state index contributed by atoms with van der Waals surface area (Å²) < 4.78 is 9.88. The third-order valence-corrected chi connectivity index (χ3v) is 4.52. The monoisotopic (exact) mass is 297 g/mol. The predicted octanol–water partition coefficient (Wildman–Crippen LogP) is 0.360. The highest BCUT2D eigenvalue weighted by Gasteiger charge is 2.33. The average Bonchev–Trinajstić information content (AvgIpc) is 2.72. The average molecular weight is 297 g/mol. The lowest BCUT2D eigenvalue weighted by Gasteiger charge is -2.30. The second-order valence-corrected chi connectivity index (χ2v) is 6.26. The van der Waals surface area contributed by atoms with Crippen molar-refractivity contribution in [2.75, 3.05) is 39.4 Å². The van der Waals surface area contributed by atoms with Crippen molar-refractivity contribution in [1.29, 1.82) is 0 Å².